The molecule has 1 rings (SSSR count). The first kappa shape index (κ1) is 10.9. The van der Waals surface area contributed by atoms with Crippen LogP contribution in [0.15, 0.2) is 6.20 Å². The highest BCUT2D eigenvalue weighted by atomic mass is 35.5. The van der Waals surface area contributed by atoms with Crippen molar-refractivity contribution in [1.82, 2.24) is 10.2 Å². The van der Waals surface area contributed by atoms with E-state index in [0.717, 1.165) is 0 Å². The number of aromatic nitrogens is 2. The van der Waals surface area contributed by atoms with Gasteiger partial charge in [-0.25, -0.2) is 4.79 Å². The summed E-state index contributed by atoms with van der Waals surface area (Å²) < 4.78 is 0. The fourth-order valence-electron chi connectivity index (χ4n) is 1.14. The van der Waals surface area contributed by atoms with Crippen LogP contribution in [0.2, 0.25) is 5.15 Å². The van der Waals surface area contributed by atoms with Crippen molar-refractivity contribution < 1.29 is 9.90 Å². The first-order valence-corrected chi connectivity index (χ1v) is 4.47. The maximum Gasteiger partial charge on any atom is 0.339 e. The molecule has 0 saturated heterocycles. The zero-order valence-corrected chi connectivity index (χ0v) is 8.96. The van der Waals surface area contributed by atoms with Crippen molar-refractivity contribution in [3.63, 3.8) is 0 Å². The van der Waals surface area contributed by atoms with Gasteiger partial charge in [-0.15, -0.1) is 5.10 Å². The summed E-state index contributed by atoms with van der Waals surface area (Å²) in [5, 5.41) is 16.1. The Morgan fingerprint density at radius 3 is 2.43 bits per heavy atom. The van der Waals surface area contributed by atoms with Crippen LogP contribution in [-0.4, -0.2) is 21.3 Å². The van der Waals surface area contributed by atoms with Crippen LogP contribution in [0.5, 0.6) is 0 Å². The quantitative estimate of drug-likeness (QED) is 0.778. The summed E-state index contributed by atoms with van der Waals surface area (Å²) >= 11 is 5.68. The minimum atomic E-state index is -1.07. The number of hydrogen-bond acceptors (Lipinski definition) is 3. The standard InChI is InChI=1S/C9H11ClN2O2/c1-9(2,3)5-4-11-12-7(10)6(5)8(13)14/h4H,1-3H3,(H,13,14). The van der Waals surface area contributed by atoms with Crippen LogP contribution < -0.4 is 0 Å². The van der Waals surface area contributed by atoms with E-state index >= 15 is 0 Å². The lowest BCUT2D eigenvalue weighted by Gasteiger charge is -2.20. The predicted octanol–water partition coefficient (Wildman–Crippen LogP) is 2.13. The van der Waals surface area contributed by atoms with Crippen molar-refractivity contribution in [3.8, 4) is 0 Å². The minimum Gasteiger partial charge on any atom is -0.478 e. The van der Waals surface area contributed by atoms with Crippen molar-refractivity contribution in [3.05, 3.63) is 22.5 Å². The van der Waals surface area contributed by atoms with E-state index in [1.54, 1.807) is 0 Å². The van der Waals surface area contributed by atoms with Crippen LogP contribution in [0, 0.1) is 0 Å². The molecule has 0 aromatic carbocycles. The van der Waals surface area contributed by atoms with Crippen LogP contribution in [-0.2, 0) is 5.41 Å². The predicted molar refractivity (Wildman–Crippen MR) is 52.7 cm³/mol. The highest BCUT2D eigenvalue weighted by molar-refractivity contribution is 6.32. The molecule has 0 aliphatic rings. The molecule has 0 atom stereocenters. The van der Waals surface area contributed by atoms with Gasteiger partial charge in [-0.1, -0.05) is 32.4 Å². The number of carboxylic acids is 1. The van der Waals surface area contributed by atoms with E-state index in [-0.39, 0.29) is 16.1 Å². The fraction of sp³-hybridized carbons (Fsp3) is 0.444. The first-order valence-electron chi connectivity index (χ1n) is 4.09. The molecule has 5 heteroatoms. The third-order valence-corrected chi connectivity index (χ3v) is 2.09. The summed E-state index contributed by atoms with van der Waals surface area (Å²) in [7, 11) is 0. The second kappa shape index (κ2) is 3.53. The highest BCUT2D eigenvalue weighted by Gasteiger charge is 2.25. The molecule has 1 N–H and O–H groups in total. The van der Waals surface area contributed by atoms with Crippen molar-refractivity contribution in [2.75, 3.05) is 0 Å². The van der Waals surface area contributed by atoms with Gasteiger partial charge in [-0.2, -0.15) is 5.10 Å². The van der Waals surface area contributed by atoms with E-state index < -0.39 is 5.97 Å². The third-order valence-electron chi connectivity index (χ3n) is 1.83. The van der Waals surface area contributed by atoms with Gasteiger partial charge in [0.15, 0.2) is 5.15 Å². The molecule has 0 fully saturated rings. The second-order valence-corrected chi connectivity index (χ2v) is 4.34. The van der Waals surface area contributed by atoms with Crippen molar-refractivity contribution in [2.24, 2.45) is 0 Å². The van der Waals surface area contributed by atoms with Gasteiger partial charge >= 0.3 is 5.97 Å². The van der Waals surface area contributed by atoms with Crippen molar-refractivity contribution in [1.29, 1.82) is 0 Å². The molecule has 0 bridgehead atoms. The molecule has 0 spiro atoms. The van der Waals surface area contributed by atoms with Gasteiger partial charge in [0.2, 0.25) is 0 Å². The molecule has 0 unspecified atom stereocenters. The topological polar surface area (TPSA) is 63.1 Å². The van der Waals surface area contributed by atoms with Crippen LogP contribution in [0.25, 0.3) is 0 Å². The Morgan fingerprint density at radius 2 is 2.07 bits per heavy atom. The maximum absolute atomic E-state index is 10.9. The molecule has 14 heavy (non-hydrogen) atoms. The number of hydrogen-bond donors (Lipinski definition) is 1. The largest absolute Gasteiger partial charge is 0.478 e. The summed E-state index contributed by atoms with van der Waals surface area (Å²) in [6.45, 7) is 5.69. The van der Waals surface area contributed by atoms with Crippen LogP contribution in [0.4, 0.5) is 0 Å². The monoisotopic (exact) mass is 214 g/mol. The molecule has 0 aliphatic carbocycles. The van der Waals surface area contributed by atoms with Crippen LogP contribution in [0.1, 0.15) is 36.7 Å². The molecule has 0 radical (unpaired) electrons. The second-order valence-electron chi connectivity index (χ2n) is 3.98. The lowest BCUT2D eigenvalue weighted by atomic mass is 9.85. The molecular formula is C9H11ClN2O2. The fourth-order valence-corrected chi connectivity index (χ4v) is 1.36. The average molecular weight is 215 g/mol. The Bertz CT molecular complexity index is 372. The Kier molecular flexibility index (Phi) is 2.76. The van der Waals surface area contributed by atoms with Crippen LogP contribution in [0.3, 0.4) is 0 Å². The van der Waals surface area contributed by atoms with E-state index in [4.69, 9.17) is 16.7 Å². The van der Waals surface area contributed by atoms with Crippen molar-refractivity contribution in [2.45, 2.75) is 26.2 Å². The molecular weight excluding hydrogens is 204 g/mol. The van der Waals surface area contributed by atoms with E-state index in [1.165, 1.54) is 6.20 Å². The highest BCUT2D eigenvalue weighted by Crippen LogP contribution is 2.28. The maximum atomic E-state index is 10.9. The average Bonchev–Trinajstić information content (AvgIpc) is 2.01. The molecule has 4 nitrogen and oxygen atoms in total. The Hall–Kier alpha value is -1.16. The van der Waals surface area contributed by atoms with Crippen LogP contribution >= 0.6 is 11.6 Å². The number of carbonyl (C=O) groups is 1. The normalized spacial score (nSPS) is 11.4. The molecule has 1 heterocycles. The van der Waals surface area contributed by atoms with E-state index in [9.17, 15) is 4.79 Å². The summed E-state index contributed by atoms with van der Waals surface area (Å²) in [5.41, 5.74) is 0.312. The summed E-state index contributed by atoms with van der Waals surface area (Å²) in [6, 6.07) is 0. The Morgan fingerprint density at radius 1 is 1.50 bits per heavy atom. The number of nitrogens with zero attached hydrogens (tertiary/aromatic N) is 2. The lowest BCUT2D eigenvalue weighted by Crippen LogP contribution is -2.18. The summed E-state index contributed by atoms with van der Waals surface area (Å²) in [6.07, 6.45) is 1.44. The van der Waals surface area contributed by atoms with Gasteiger partial charge in [-0.3, -0.25) is 0 Å². The number of halogens is 1. The van der Waals surface area contributed by atoms with Gasteiger partial charge in [0.05, 0.1) is 6.20 Å². The lowest BCUT2D eigenvalue weighted by molar-refractivity contribution is 0.0693. The van der Waals surface area contributed by atoms with E-state index in [2.05, 4.69) is 10.2 Å². The smallest absolute Gasteiger partial charge is 0.339 e. The molecule has 0 saturated carbocycles. The summed E-state index contributed by atoms with van der Waals surface area (Å²) in [4.78, 5) is 10.9. The molecule has 76 valence electrons. The third kappa shape index (κ3) is 2.01. The number of aromatic carboxylic acids is 1. The SMILES string of the molecule is CC(C)(C)c1cnnc(Cl)c1C(=O)O. The molecule has 0 aliphatic heterocycles. The van der Waals surface area contributed by atoms with Gasteiger partial charge in [-0.05, 0) is 11.0 Å². The van der Waals surface area contributed by atoms with Gasteiger partial charge in [0.25, 0.3) is 0 Å². The summed E-state index contributed by atoms with van der Waals surface area (Å²) in [5.74, 6) is -1.07. The Labute approximate surface area is 86.9 Å². The number of rotatable bonds is 1. The van der Waals surface area contributed by atoms with Crippen molar-refractivity contribution >= 4 is 17.6 Å². The van der Waals surface area contributed by atoms with Gasteiger partial charge in [0.1, 0.15) is 5.56 Å². The number of carboxylic acid groups (broad SMARTS) is 1. The van der Waals surface area contributed by atoms with Gasteiger partial charge in [0, 0.05) is 0 Å². The first-order chi connectivity index (χ1) is 6.34. The zero-order chi connectivity index (χ0) is 10.9. The van der Waals surface area contributed by atoms with E-state index in [1.807, 2.05) is 20.8 Å². The van der Waals surface area contributed by atoms with Gasteiger partial charge < -0.3 is 5.11 Å². The molecule has 0 amide bonds. The molecule has 1 aromatic rings. The molecule has 1 aromatic heterocycles. The zero-order valence-electron chi connectivity index (χ0n) is 8.21. The minimum absolute atomic E-state index is 0.0363. The Balaban J connectivity index is 3.44. The van der Waals surface area contributed by atoms with E-state index in [0.29, 0.717) is 5.56 Å².